The van der Waals surface area contributed by atoms with E-state index in [2.05, 4.69) is 15.5 Å². The van der Waals surface area contributed by atoms with Crippen molar-refractivity contribution in [2.75, 3.05) is 0 Å². The van der Waals surface area contributed by atoms with Crippen LogP contribution in [0.25, 0.3) is 11.3 Å². The highest BCUT2D eigenvalue weighted by Gasteiger charge is 2.22. The number of H-pyrrole nitrogens is 1. The third-order valence-corrected chi connectivity index (χ3v) is 4.28. The van der Waals surface area contributed by atoms with Crippen molar-refractivity contribution in [2.45, 2.75) is 26.0 Å². The molecule has 0 aliphatic carbocycles. The topological polar surface area (TPSA) is 78.0 Å². The molecule has 6 heteroatoms. The summed E-state index contributed by atoms with van der Waals surface area (Å²) in [6, 6.07) is 13.1. The Hall–Kier alpha value is -2.99. The van der Waals surface area contributed by atoms with Gasteiger partial charge in [0.05, 0.1) is 29.6 Å². The molecule has 0 saturated heterocycles. The van der Waals surface area contributed by atoms with Crippen molar-refractivity contribution in [3.63, 3.8) is 0 Å². The predicted molar refractivity (Wildman–Crippen MR) is 97.0 cm³/mol. The number of carbonyl (C=O) groups is 1. The first-order chi connectivity index (χ1) is 12.5. The van der Waals surface area contributed by atoms with Gasteiger partial charge in [-0.25, -0.2) is 4.39 Å². The minimum absolute atomic E-state index is 0.220. The number of amides is 1. The van der Waals surface area contributed by atoms with E-state index >= 15 is 0 Å². The van der Waals surface area contributed by atoms with Gasteiger partial charge in [-0.2, -0.15) is 5.10 Å². The van der Waals surface area contributed by atoms with Gasteiger partial charge in [0.2, 0.25) is 0 Å². The summed E-state index contributed by atoms with van der Waals surface area (Å²) in [7, 11) is 0. The van der Waals surface area contributed by atoms with Crippen molar-refractivity contribution >= 4 is 5.91 Å². The number of hydrogen-bond acceptors (Lipinski definition) is 3. The molecule has 0 saturated carbocycles. The smallest absolute Gasteiger partial charge is 0.255 e. The van der Waals surface area contributed by atoms with Gasteiger partial charge in [-0.1, -0.05) is 42.0 Å². The van der Waals surface area contributed by atoms with E-state index in [0.29, 0.717) is 11.3 Å². The van der Waals surface area contributed by atoms with Crippen molar-refractivity contribution in [3.05, 3.63) is 77.2 Å². The minimum Gasteiger partial charge on any atom is -0.386 e. The molecule has 1 aromatic heterocycles. The molecule has 0 bridgehead atoms. The maximum absolute atomic E-state index is 14.0. The van der Waals surface area contributed by atoms with Gasteiger partial charge in [0, 0.05) is 5.56 Å². The number of aliphatic hydroxyl groups excluding tert-OH is 1. The molecule has 26 heavy (non-hydrogen) atoms. The highest BCUT2D eigenvalue weighted by atomic mass is 19.1. The van der Waals surface area contributed by atoms with Gasteiger partial charge < -0.3 is 10.4 Å². The zero-order chi connectivity index (χ0) is 18.7. The molecule has 1 heterocycles. The average Bonchev–Trinajstić information content (AvgIpc) is 3.11. The highest BCUT2D eigenvalue weighted by Crippen LogP contribution is 2.24. The highest BCUT2D eigenvalue weighted by molar-refractivity contribution is 5.99. The number of hydrogen-bond donors (Lipinski definition) is 3. The Morgan fingerprint density at radius 3 is 2.58 bits per heavy atom. The van der Waals surface area contributed by atoms with Crippen molar-refractivity contribution < 1.29 is 14.3 Å². The average molecular weight is 353 g/mol. The molecule has 3 rings (SSSR count). The number of aromatic nitrogens is 2. The molecule has 0 radical (unpaired) electrons. The number of aliphatic hydroxyl groups is 1. The number of nitrogens with one attached hydrogen (secondary N) is 2. The first kappa shape index (κ1) is 17.8. The molecule has 3 N–H and O–H groups in total. The minimum atomic E-state index is -0.858. The summed E-state index contributed by atoms with van der Waals surface area (Å²) in [6.07, 6.45) is 0.491. The predicted octanol–water partition coefficient (Wildman–Crippen LogP) is 3.38. The maximum atomic E-state index is 14.0. The number of carbonyl (C=O) groups excluding carboxylic acids is 1. The standard InChI is InChI=1S/C20H20FN3O2/c1-12-7-9-14(10-8-12)19(25)13(2)23-20(26)16-11-22-24-18(16)15-5-3-4-6-17(15)21/h3-11,13,19,25H,1-2H3,(H,22,24)(H,23,26). The molecule has 3 aromatic rings. The Morgan fingerprint density at radius 2 is 1.88 bits per heavy atom. The number of aromatic amines is 1. The van der Waals surface area contributed by atoms with Crippen LogP contribution in [-0.2, 0) is 0 Å². The van der Waals surface area contributed by atoms with Crippen LogP contribution < -0.4 is 5.32 Å². The van der Waals surface area contributed by atoms with E-state index in [1.807, 2.05) is 31.2 Å². The molecule has 2 aromatic carbocycles. The summed E-state index contributed by atoms with van der Waals surface area (Å²) in [5.41, 5.74) is 2.59. The largest absolute Gasteiger partial charge is 0.386 e. The summed E-state index contributed by atoms with van der Waals surface area (Å²) < 4.78 is 14.0. The third kappa shape index (κ3) is 3.65. The van der Waals surface area contributed by atoms with E-state index in [-0.39, 0.29) is 11.1 Å². The van der Waals surface area contributed by atoms with Gasteiger partial charge in [-0.05, 0) is 31.5 Å². The van der Waals surface area contributed by atoms with Crippen LogP contribution >= 0.6 is 0 Å². The first-order valence-electron chi connectivity index (χ1n) is 8.31. The Morgan fingerprint density at radius 1 is 1.19 bits per heavy atom. The van der Waals surface area contributed by atoms with Gasteiger partial charge in [0.15, 0.2) is 0 Å². The van der Waals surface area contributed by atoms with Crippen LogP contribution in [0.1, 0.15) is 34.5 Å². The SMILES string of the molecule is Cc1ccc(C(O)C(C)NC(=O)c2cn[nH]c2-c2ccccc2F)cc1. The number of nitrogens with zero attached hydrogens (tertiary/aromatic N) is 1. The molecule has 5 nitrogen and oxygen atoms in total. The van der Waals surface area contributed by atoms with Gasteiger partial charge in [-0.3, -0.25) is 9.89 Å². The zero-order valence-electron chi connectivity index (χ0n) is 14.5. The fourth-order valence-electron chi connectivity index (χ4n) is 2.74. The Balaban J connectivity index is 1.78. The van der Waals surface area contributed by atoms with Crippen LogP contribution in [0, 0.1) is 12.7 Å². The molecule has 134 valence electrons. The van der Waals surface area contributed by atoms with E-state index in [1.54, 1.807) is 25.1 Å². The van der Waals surface area contributed by atoms with Crippen molar-refractivity contribution in [1.82, 2.24) is 15.5 Å². The zero-order valence-corrected chi connectivity index (χ0v) is 14.5. The quantitative estimate of drug-likeness (QED) is 0.658. The summed E-state index contributed by atoms with van der Waals surface area (Å²) in [4.78, 5) is 12.6. The second kappa shape index (κ2) is 7.49. The molecule has 0 aliphatic heterocycles. The van der Waals surface area contributed by atoms with E-state index in [9.17, 15) is 14.3 Å². The summed E-state index contributed by atoms with van der Waals surface area (Å²) in [6.45, 7) is 3.68. The molecule has 2 atom stereocenters. The van der Waals surface area contributed by atoms with E-state index in [1.165, 1.54) is 12.3 Å². The van der Waals surface area contributed by atoms with Crippen molar-refractivity contribution in [1.29, 1.82) is 0 Å². The lowest BCUT2D eigenvalue weighted by Gasteiger charge is -2.21. The molecule has 0 fully saturated rings. The van der Waals surface area contributed by atoms with Crippen molar-refractivity contribution in [3.8, 4) is 11.3 Å². The van der Waals surface area contributed by atoms with E-state index in [4.69, 9.17) is 0 Å². The van der Waals surface area contributed by atoms with Crippen LogP contribution in [0.3, 0.4) is 0 Å². The van der Waals surface area contributed by atoms with E-state index in [0.717, 1.165) is 5.56 Å². The number of rotatable bonds is 5. The summed E-state index contributed by atoms with van der Waals surface area (Å²) in [5, 5.41) is 19.7. The van der Waals surface area contributed by atoms with Crippen LogP contribution in [0.5, 0.6) is 0 Å². The molecule has 1 amide bonds. The molecule has 2 unspecified atom stereocenters. The van der Waals surface area contributed by atoms with Gasteiger partial charge in [0.1, 0.15) is 5.82 Å². The lowest BCUT2D eigenvalue weighted by Crippen LogP contribution is -2.37. The van der Waals surface area contributed by atoms with Crippen LogP contribution in [-0.4, -0.2) is 27.3 Å². The normalized spacial score (nSPS) is 13.2. The Labute approximate surface area is 150 Å². The summed E-state index contributed by atoms with van der Waals surface area (Å²) in [5.74, 6) is -0.880. The number of benzene rings is 2. The van der Waals surface area contributed by atoms with Gasteiger partial charge >= 0.3 is 0 Å². The van der Waals surface area contributed by atoms with E-state index < -0.39 is 23.9 Å². The molecular weight excluding hydrogens is 333 g/mol. The second-order valence-electron chi connectivity index (χ2n) is 6.26. The second-order valence-corrected chi connectivity index (χ2v) is 6.26. The lowest BCUT2D eigenvalue weighted by molar-refractivity contribution is 0.0852. The Bertz CT molecular complexity index is 905. The van der Waals surface area contributed by atoms with Gasteiger partial charge in [-0.15, -0.1) is 0 Å². The molecule has 0 spiro atoms. The van der Waals surface area contributed by atoms with Gasteiger partial charge in [0.25, 0.3) is 5.91 Å². The third-order valence-electron chi connectivity index (χ3n) is 4.28. The first-order valence-corrected chi connectivity index (χ1v) is 8.31. The van der Waals surface area contributed by atoms with Crippen LogP contribution in [0.15, 0.2) is 54.7 Å². The van der Waals surface area contributed by atoms with Crippen LogP contribution in [0.4, 0.5) is 4.39 Å². The number of halogens is 1. The van der Waals surface area contributed by atoms with Crippen LogP contribution in [0.2, 0.25) is 0 Å². The lowest BCUT2D eigenvalue weighted by atomic mass is 10.0. The Kier molecular flexibility index (Phi) is 5.14. The molecular formula is C20H20FN3O2. The summed E-state index contributed by atoms with van der Waals surface area (Å²) >= 11 is 0. The monoisotopic (exact) mass is 353 g/mol. The fourth-order valence-corrected chi connectivity index (χ4v) is 2.74. The molecule has 0 aliphatic rings. The number of aryl methyl sites for hydroxylation is 1. The fraction of sp³-hybridized carbons (Fsp3) is 0.200. The van der Waals surface area contributed by atoms with Crippen molar-refractivity contribution in [2.24, 2.45) is 0 Å². The maximum Gasteiger partial charge on any atom is 0.255 e.